The molecule has 222 valence electrons. The Labute approximate surface area is 226 Å². The molecule has 3 rings (SSSR count). The third kappa shape index (κ3) is 6.67. The molecule has 3 fully saturated rings. The third-order valence-electron chi connectivity index (χ3n) is 8.18. The minimum Gasteiger partial charge on any atom is -0.466 e. The van der Waals surface area contributed by atoms with E-state index in [1.54, 1.807) is 27.7 Å². The topological polar surface area (TPSA) is 129 Å². The van der Waals surface area contributed by atoms with E-state index in [1.165, 1.54) is 0 Å². The van der Waals surface area contributed by atoms with Crippen LogP contribution >= 0.6 is 0 Å². The molecule has 8 atom stereocenters. The molecule has 0 aromatic heterocycles. The van der Waals surface area contributed by atoms with E-state index in [0.717, 1.165) is 0 Å². The number of rotatable bonds is 15. The van der Waals surface area contributed by atoms with Crippen LogP contribution in [0.4, 0.5) is 13.2 Å². The van der Waals surface area contributed by atoms with Crippen molar-refractivity contribution in [3.8, 4) is 0 Å². The normalized spacial score (nSPS) is 30.2. The maximum absolute atomic E-state index is 14.6. The highest BCUT2D eigenvalue weighted by atomic mass is 19.4. The van der Waals surface area contributed by atoms with E-state index in [-0.39, 0.29) is 57.6 Å². The predicted octanol–water partition coefficient (Wildman–Crippen LogP) is 2.14. The summed E-state index contributed by atoms with van der Waals surface area (Å²) >= 11 is 0. The summed E-state index contributed by atoms with van der Waals surface area (Å²) in [6.07, 6.45) is -4.40. The van der Waals surface area contributed by atoms with Gasteiger partial charge in [-0.15, -0.1) is 0 Å². The average molecular weight is 565 g/mol. The lowest BCUT2D eigenvalue weighted by Gasteiger charge is -2.33. The zero-order valence-corrected chi connectivity index (χ0v) is 22.8. The largest absolute Gasteiger partial charge is 0.466 e. The number of fused-ring (bicyclic) bond motifs is 1. The number of halogens is 3. The molecular weight excluding hydrogens is 525 g/mol. The Morgan fingerprint density at radius 3 is 1.87 bits per heavy atom. The Bertz CT molecular complexity index is 916. The Morgan fingerprint density at radius 1 is 0.846 bits per heavy atom. The van der Waals surface area contributed by atoms with Crippen LogP contribution < -0.4 is 10.6 Å². The van der Waals surface area contributed by atoms with Crippen molar-refractivity contribution in [1.82, 2.24) is 10.6 Å². The lowest BCUT2D eigenvalue weighted by atomic mass is 9.78. The monoisotopic (exact) mass is 564 g/mol. The van der Waals surface area contributed by atoms with Crippen LogP contribution in [0.2, 0.25) is 0 Å². The van der Waals surface area contributed by atoms with E-state index < -0.39 is 65.4 Å². The van der Waals surface area contributed by atoms with Crippen LogP contribution in [0.1, 0.15) is 53.4 Å². The quantitative estimate of drug-likeness (QED) is 0.225. The van der Waals surface area contributed by atoms with Gasteiger partial charge in [0.2, 0.25) is 0 Å². The lowest BCUT2D eigenvalue weighted by Crippen LogP contribution is -2.47. The number of hydrogen-bond acceptors (Lipinski definition) is 10. The first-order chi connectivity index (χ1) is 18.4. The van der Waals surface area contributed by atoms with E-state index in [1.807, 2.05) is 0 Å². The summed E-state index contributed by atoms with van der Waals surface area (Å²) in [5.74, 6) is -5.80. The molecule has 39 heavy (non-hydrogen) atoms. The summed E-state index contributed by atoms with van der Waals surface area (Å²) in [5, 5.41) is 5.87. The summed E-state index contributed by atoms with van der Waals surface area (Å²) in [6, 6.07) is -2.86. The second-order valence-electron chi connectivity index (χ2n) is 10.3. The first kappa shape index (κ1) is 31.1. The summed E-state index contributed by atoms with van der Waals surface area (Å²) < 4.78 is 63.6. The Hall–Kier alpha value is -2.41. The Balaban J connectivity index is 1.76. The first-order valence-electron chi connectivity index (χ1n) is 13.6. The van der Waals surface area contributed by atoms with Gasteiger partial charge >= 0.3 is 30.1 Å². The molecule has 3 saturated carbocycles. The van der Waals surface area contributed by atoms with Gasteiger partial charge < -0.3 is 29.6 Å². The van der Waals surface area contributed by atoms with Crippen molar-refractivity contribution < 1.29 is 51.3 Å². The predicted molar refractivity (Wildman–Crippen MR) is 130 cm³/mol. The molecule has 2 N–H and O–H groups in total. The van der Waals surface area contributed by atoms with Crippen molar-refractivity contribution in [3.63, 3.8) is 0 Å². The van der Waals surface area contributed by atoms with Gasteiger partial charge in [0.1, 0.15) is 12.1 Å². The van der Waals surface area contributed by atoms with E-state index in [9.17, 15) is 32.3 Å². The fraction of sp³-hybridized carbons (Fsp3) is 0.846. The highest BCUT2D eigenvalue weighted by molar-refractivity contribution is 5.83. The number of nitrogens with one attached hydrogen (secondary N) is 2. The smallest absolute Gasteiger partial charge is 0.392 e. The van der Waals surface area contributed by atoms with Gasteiger partial charge in [0.05, 0.1) is 45.2 Å². The molecular formula is C26H39F3N2O8. The maximum atomic E-state index is 14.6. The molecule has 0 saturated heterocycles. The molecule has 3 aliphatic carbocycles. The molecule has 13 heteroatoms. The van der Waals surface area contributed by atoms with Crippen LogP contribution in [0.5, 0.6) is 0 Å². The molecule has 0 radical (unpaired) electrons. The third-order valence-corrected chi connectivity index (χ3v) is 8.18. The van der Waals surface area contributed by atoms with E-state index in [4.69, 9.17) is 18.9 Å². The van der Waals surface area contributed by atoms with Crippen molar-refractivity contribution >= 4 is 23.9 Å². The second-order valence-corrected chi connectivity index (χ2v) is 10.3. The van der Waals surface area contributed by atoms with Gasteiger partial charge in [-0.1, -0.05) is 0 Å². The SMILES string of the molecule is CCOC(=O)CC(NCC1C2CC3C(NC(CC(=O)OCC)C(=O)OCC)C3(C2)C1C(F)(F)F)C(=O)OCC. The van der Waals surface area contributed by atoms with Crippen LogP contribution in [0, 0.1) is 29.1 Å². The van der Waals surface area contributed by atoms with Gasteiger partial charge in [-0.3, -0.25) is 19.2 Å². The summed E-state index contributed by atoms with van der Waals surface area (Å²) in [4.78, 5) is 49.0. The standard InChI is InChI=1S/C26H39F3N2O8/c1-5-36-19(32)10-17(23(34)38-7-3)30-13-15-14-9-16-22(25(16,12-14)21(15)26(27,28)29)31-18(24(35)39-8-4)11-20(33)37-6-2/h14-18,21-22,30-31H,5-13H2,1-4H3. The van der Waals surface area contributed by atoms with Gasteiger partial charge in [-0.2, -0.15) is 13.2 Å². The highest BCUT2D eigenvalue weighted by Crippen LogP contribution is 2.79. The molecule has 0 aliphatic heterocycles. The minimum absolute atomic E-state index is 0.0582. The van der Waals surface area contributed by atoms with Crippen molar-refractivity contribution in [2.24, 2.45) is 29.1 Å². The van der Waals surface area contributed by atoms with Crippen LogP contribution in [-0.4, -0.2) is 81.2 Å². The highest BCUT2D eigenvalue weighted by Gasteiger charge is 2.82. The number of esters is 4. The molecule has 0 amide bonds. The van der Waals surface area contributed by atoms with Gasteiger partial charge in [-0.05, 0) is 64.8 Å². The molecule has 8 unspecified atom stereocenters. The lowest BCUT2D eigenvalue weighted by molar-refractivity contribution is -0.205. The first-order valence-corrected chi connectivity index (χ1v) is 13.6. The summed E-state index contributed by atoms with van der Waals surface area (Å²) in [7, 11) is 0. The van der Waals surface area contributed by atoms with E-state index >= 15 is 0 Å². The molecule has 0 aromatic carbocycles. The summed E-state index contributed by atoms with van der Waals surface area (Å²) in [6.45, 7) is 6.64. The van der Waals surface area contributed by atoms with Crippen molar-refractivity contribution in [1.29, 1.82) is 0 Å². The van der Waals surface area contributed by atoms with Gasteiger partial charge in [0, 0.05) is 11.5 Å². The fourth-order valence-electron chi connectivity index (χ4n) is 6.89. The number of ether oxygens (including phenoxy) is 4. The van der Waals surface area contributed by atoms with Crippen molar-refractivity contribution in [2.45, 2.75) is 77.7 Å². The zero-order valence-electron chi connectivity index (χ0n) is 22.8. The van der Waals surface area contributed by atoms with Crippen LogP contribution in [0.25, 0.3) is 0 Å². The van der Waals surface area contributed by atoms with E-state index in [2.05, 4.69) is 10.6 Å². The van der Waals surface area contributed by atoms with Crippen molar-refractivity contribution in [3.05, 3.63) is 0 Å². The van der Waals surface area contributed by atoms with Gasteiger partial charge in [0.25, 0.3) is 0 Å². The molecule has 10 nitrogen and oxygen atoms in total. The zero-order chi connectivity index (χ0) is 29.0. The Morgan fingerprint density at radius 2 is 1.36 bits per heavy atom. The van der Waals surface area contributed by atoms with Gasteiger partial charge in [-0.25, -0.2) is 0 Å². The second kappa shape index (κ2) is 12.8. The van der Waals surface area contributed by atoms with Crippen LogP contribution in [0.15, 0.2) is 0 Å². The van der Waals surface area contributed by atoms with Crippen molar-refractivity contribution in [2.75, 3.05) is 33.0 Å². The number of alkyl halides is 3. The van der Waals surface area contributed by atoms with Crippen LogP contribution in [-0.2, 0) is 38.1 Å². The molecule has 2 bridgehead atoms. The number of carbonyl (C=O) groups is 4. The summed E-state index contributed by atoms with van der Waals surface area (Å²) in [5.41, 5.74) is -1.12. The number of hydrogen-bond donors (Lipinski definition) is 2. The van der Waals surface area contributed by atoms with Gasteiger partial charge in [0.15, 0.2) is 0 Å². The van der Waals surface area contributed by atoms with Crippen LogP contribution in [0.3, 0.4) is 0 Å². The Kier molecular flexibility index (Phi) is 10.2. The fourth-order valence-corrected chi connectivity index (χ4v) is 6.89. The van der Waals surface area contributed by atoms with E-state index in [0.29, 0.717) is 12.8 Å². The molecule has 0 heterocycles. The number of carbonyl (C=O) groups excluding carboxylic acids is 4. The molecule has 1 spiro atoms. The molecule has 0 aromatic rings. The average Bonchev–Trinajstić information content (AvgIpc) is 3.12. The maximum Gasteiger partial charge on any atom is 0.392 e. The minimum atomic E-state index is -4.53. The molecule has 3 aliphatic rings.